The SMILES string of the molecule is CC[C@@H](CC(=O)N1CC(C)C(C(=O)O)C1)NC(=O)OCC1c2ccccc2-c2ccccc21. The van der Waals surface area contributed by atoms with Gasteiger partial charge in [0.15, 0.2) is 0 Å². The molecular weight excluding hydrogens is 420 g/mol. The summed E-state index contributed by atoms with van der Waals surface area (Å²) in [6, 6.07) is 15.9. The van der Waals surface area contributed by atoms with Crippen molar-refractivity contribution in [2.24, 2.45) is 11.8 Å². The van der Waals surface area contributed by atoms with Crippen LogP contribution in [0.25, 0.3) is 11.1 Å². The number of carboxylic acids is 1. The van der Waals surface area contributed by atoms with E-state index in [4.69, 9.17) is 4.74 Å². The van der Waals surface area contributed by atoms with E-state index < -0.39 is 18.0 Å². The quantitative estimate of drug-likeness (QED) is 0.668. The molecule has 1 aliphatic carbocycles. The maximum atomic E-state index is 12.7. The summed E-state index contributed by atoms with van der Waals surface area (Å²) in [4.78, 5) is 38.2. The van der Waals surface area contributed by atoms with Gasteiger partial charge in [0.05, 0.1) is 5.92 Å². The predicted octanol–water partition coefficient (Wildman–Crippen LogP) is 3.87. The first-order valence-electron chi connectivity index (χ1n) is 11.5. The number of likely N-dealkylation sites (tertiary alicyclic amines) is 1. The molecule has 0 spiro atoms. The summed E-state index contributed by atoms with van der Waals surface area (Å²) >= 11 is 0. The second-order valence-electron chi connectivity index (χ2n) is 9.00. The normalized spacial score (nSPS) is 20.1. The van der Waals surface area contributed by atoms with E-state index in [0.29, 0.717) is 13.0 Å². The van der Waals surface area contributed by atoms with E-state index in [1.54, 1.807) is 4.90 Å². The number of amides is 2. The van der Waals surface area contributed by atoms with Crippen LogP contribution in [0.4, 0.5) is 4.79 Å². The fraction of sp³-hybridized carbons (Fsp3) is 0.423. The standard InChI is InChI=1S/C26H30N2O5/c1-3-17(12-24(29)28-13-16(2)22(14-28)25(30)31)27-26(32)33-15-23-20-10-6-4-8-18(20)19-9-5-7-11-21(19)23/h4-11,16-17,22-23H,3,12-15H2,1-2H3,(H,27,32)(H,30,31)/t16?,17-,22?/m0/s1. The molecule has 2 aromatic rings. The second kappa shape index (κ2) is 9.65. The van der Waals surface area contributed by atoms with Crippen molar-refractivity contribution in [2.75, 3.05) is 19.7 Å². The number of carboxylic acid groups (broad SMARTS) is 1. The number of carbonyl (C=O) groups is 3. The molecule has 7 nitrogen and oxygen atoms in total. The van der Waals surface area contributed by atoms with Gasteiger partial charge in [-0.15, -0.1) is 0 Å². The number of nitrogens with one attached hydrogen (secondary N) is 1. The minimum atomic E-state index is -0.874. The molecule has 2 aliphatic rings. The largest absolute Gasteiger partial charge is 0.481 e. The van der Waals surface area contributed by atoms with Gasteiger partial charge in [-0.25, -0.2) is 4.79 Å². The molecule has 33 heavy (non-hydrogen) atoms. The number of ether oxygens (including phenoxy) is 1. The topological polar surface area (TPSA) is 95.9 Å². The third-order valence-electron chi connectivity index (χ3n) is 6.86. The fourth-order valence-electron chi connectivity index (χ4n) is 4.94. The molecule has 4 rings (SSSR count). The van der Waals surface area contributed by atoms with Gasteiger partial charge in [0.1, 0.15) is 6.61 Å². The third kappa shape index (κ3) is 4.72. The Morgan fingerprint density at radius 2 is 1.67 bits per heavy atom. The highest BCUT2D eigenvalue weighted by molar-refractivity contribution is 5.81. The van der Waals surface area contributed by atoms with Crippen LogP contribution in [0.2, 0.25) is 0 Å². The lowest BCUT2D eigenvalue weighted by Crippen LogP contribution is -2.40. The van der Waals surface area contributed by atoms with Crippen LogP contribution in [-0.4, -0.2) is 53.7 Å². The molecule has 1 saturated heterocycles. The Hall–Kier alpha value is -3.35. The number of aliphatic carboxylic acids is 1. The van der Waals surface area contributed by atoms with Gasteiger partial charge >= 0.3 is 12.1 Å². The lowest BCUT2D eigenvalue weighted by molar-refractivity contribution is -0.142. The average Bonchev–Trinajstić information content (AvgIpc) is 3.35. The van der Waals surface area contributed by atoms with Crippen LogP contribution in [0.15, 0.2) is 48.5 Å². The average molecular weight is 451 g/mol. The molecule has 2 amide bonds. The van der Waals surface area contributed by atoms with E-state index in [1.807, 2.05) is 38.1 Å². The van der Waals surface area contributed by atoms with E-state index in [0.717, 1.165) is 11.1 Å². The molecule has 174 valence electrons. The number of hydrogen-bond acceptors (Lipinski definition) is 4. The molecule has 1 aliphatic heterocycles. The highest BCUT2D eigenvalue weighted by Gasteiger charge is 2.37. The Kier molecular flexibility index (Phi) is 6.67. The van der Waals surface area contributed by atoms with Gasteiger partial charge in [0.2, 0.25) is 5.91 Å². The summed E-state index contributed by atoms with van der Waals surface area (Å²) in [7, 11) is 0. The van der Waals surface area contributed by atoms with Crippen molar-refractivity contribution in [3.8, 4) is 11.1 Å². The van der Waals surface area contributed by atoms with Crippen molar-refractivity contribution < 1.29 is 24.2 Å². The van der Waals surface area contributed by atoms with Crippen molar-refractivity contribution in [3.05, 3.63) is 59.7 Å². The van der Waals surface area contributed by atoms with Crippen LogP contribution in [0.5, 0.6) is 0 Å². The number of fused-ring (bicyclic) bond motifs is 3. The summed E-state index contributed by atoms with van der Waals surface area (Å²) in [5.41, 5.74) is 4.62. The van der Waals surface area contributed by atoms with Crippen molar-refractivity contribution in [2.45, 2.75) is 38.6 Å². The van der Waals surface area contributed by atoms with Gasteiger partial charge in [-0.2, -0.15) is 0 Å². The Balaban J connectivity index is 1.33. The summed E-state index contributed by atoms with van der Waals surface area (Å²) < 4.78 is 5.59. The summed E-state index contributed by atoms with van der Waals surface area (Å²) in [6.07, 6.45) is 0.149. The minimum absolute atomic E-state index is 0.0242. The second-order valence-corrected chi connectivity index (χ2v) is 9.00. The Morgan fingerprint density at radius 1 is 1.06 bits per heavy atom. The number of benzene rings is 2. The zero-order chi connectivity index (χ0) is 23.5. The summed E-state index contributed by atoms with van der Waals surface area (Å²) in [6.45, 7) is 4.61. The molecule has 7 heteroatoms. The highest BCUT2D eigenvalue weighted by atomic mass is 16.5. The molecule has 0 aromatic heterocycles. The molecule has 2 N–H and O–H groups in total. The minimum Gasteiger partial charge on any atom is -0.481 e. The third-order valence-corrected chi connectivity index (χ3v) is 6.86. The molecule has 1 heterocycles. The van der Waals surface area contributed by atoms with E-state index in [2.05, 4.69) is 29.6 Å². The molecule has 0 saturated carbocycles. The maximum absolute atomic E-state index is 12.7. The number of carbonyl (C=O) groups excluding carboxylic acids is 2. The monoisotopic (exact) mass is 450 g/mol. The fourth-order valence-corrected chi connectivity index (χ4v) is 4.94. The molecule has 2 aromatic carbocycles. The van der Waals surface area contributed by atoms with Gasteiger partial charge in [-0.1, -0.05) is 62.4 Å². The maximum Gasteiger partial charge on any atom is 0.407 e. The number of alkyl carbamates (subject to hydrolysis) is 1. The van der Waals surface area contributed by atoms with E-state index in [1.165, 1.54) is 11.1 Å². The summed E-state index contributed by atoms with van der Waals surface area (Å²) in [5.74, 6) is -1.66. The smallest absolute Gasteiger partial charge is 0.407 e. The van der Waals surface area contributed by atoms with E-state index >= 15 is 0 Å². The molecular formula is C26H30N2O5. The number of nitrogens with zero attached hydrogens (tertiary/aromatic N) is 1. The van der Waals surface area contributed by atoms with Crippen molar-refractivity contribution in [1.29, 1.82) is 0 Å². The number of rotatable bonds is 7. The molecule has 2 unspecified atom stereocenters. The van der Waals surface area contributed by atoms with Crippen molar-refractivity contribution in [3.63, 3.8) is 0 Å². The van der Waals surface area contributed by atoms with Crippen LogP contribution >= 0.6 is 0 Å². The van der Waals surface area contributed by atoms with Gasteiger partial charge in [0, 0.05) is 31.5 Å². The van der Waals surface area contributed by atoms with Gasteiger partial charge < -0.3 is 20.1 Å². The van der Waals surface area contributed by atoms with Crippen molar-refractivity contribution in [1.82, 2.24) is 10.2 Å². The van der Waals surface area contributed by atoms with Crippen LogP contribution in [0.3, 0.4) is 0 Å². The van der Waals surface area contributed by atoms with Crippen molar-refractivity contribution >= 4 is 18.0 Å². The first kappa shape index (κ1) is 22.8. The molecule has 0 radical (unpaired) electrons. The first-order chi connectivity index (χ1) is 15.9. The highest BCUT2D eigenvalue weighted by Crippen LogP contribution is 2.44. The first-order valence-corrected chi connectivity index (χ1v) is 11.5. The molecule has 1 fully saturated rings. The Labute approximate surface area is 193 Å². The van der Waals surface area contributed by atoms with Gasteiger partial charge in [-0.3, -0.25) is 9.59 Å². The summed E-state index contributed by atoms with van der Waals surface area (Å²) in [5, 5.41) is 12.1. The molecule has 0 bridgehead atoms. The zero-order valence-electron chi connectivity index (χ0n) is 19.0. The van der Waals surface area contributed by atoms with Crippen LogP contribution in [-0.2, 0) is 14.3 Å². The van der Waals surface area contributed by atoms with Gasteiger partial charge in [-0.05, 0) is 34.6 Å². The van der Waals surface area contributed by atoms with Crippen LogP contribution in [0.1, 0.15) is 43.7 Å². The lowest BCUT2D eigenvalue weighted by Gasteiger charge is -2.22. The number of hydrogen-bond donors (Lipinski definition) is 2. The Bertz CT molecular complexity index is 1010. The zero-order valence-corrected chi connectivity index (χ0v) is 19.0. The van der Waals surface area contributed by atoms with E-state index in [9.17, 15) is 19.5 Å². The van der Waals surface area contributed by atoms with Crippen LogP contribution < -0.4 is 5.32 Å². The lowest BCUT2D eigenvalue weighted by atomic mass is 9.98. The Morgan fingerprint density at radius 3 is 2.21 bits per heavy atom. The predicted molar refractivity (Wildman–Crippen MR) is 124 cm³/mol. The van der Waals surface area contributed by atoms with Gasteiger partial charge in [0.25, 0.3) is 0 Å². The molecule has 3 atom stereocenters. The van der Waals surface area contributed by atoms with Crippen LogP contribution in [0, 0.1) is 11.8 Å². The van der Waals surface area contributed by atoms with E-state index in [-0.39, 0.29) is 43.4 Å².